The molecule has 0 aromatic carbocycles. The summed E-state index contributed by atoms with van der Waals surface area (Å²) in [5.41, 5.74) is 0.0341. The van der Waals surface area contributed by atoms with E-state index >= 15 is 0 Å². The Morgan fingerprint density at radius 1 is 1.29 bits per heavy atom. The van der Waals surface area contributed by atoms with Crippen molar-refractivity contribution in [3.63, 3.8) is 0 Å². The Bertz CT molecular complexity index is 421. The fraction of sp³-hybridized carbons (Fsp3) is 0.778. The van der Waals surface area contributed by atoms with Crippen molar-refractivity contribution >= 4 is 11.3 Å². The topological polar surface area (TPSA) is 21.3 Å². The largest absolute Gasteiger partial charge is 0.374 e. The molecule has 1 heterocycles. The van der Waals surface area contributed by atoms with E-state index in [1.807, 2.05) is 11.3 Å². The van der Waals surface area contributed by atoms with Gasteiger partial charge in [-0.1, -0.05) is 13.8 Å². The minimum absolute atomic E-state index is 0.0341. The molecule has 1 aromatic rings. The van der Waals surface area contributed by atoms with Crippen molar-refractivity contribution in [2.24, 2.45) is 5.92 Å². The second-order valence-electron chi connectivity index (χ2n) is 6.45. The summed E-state index contributed by atoms with van der Waals surface area (Å²) in [5.74, 6) is 0.851. The van der Waals surface area contributed by atoms with Crippen molar-refractivity contribution in [1.29, 1.82) is 0 Å². The average Bonchev–Trinajstić information content (AvgIpc) is 2.95. The van der Waals surface area contributed by atoms with E-state index in [0.717, 1.165) is 25.4 Å². The first-order chi connectivity index (χ1) is 10.1. The number of hydrogen-bond donors (Lipinski definition) is 1. The van der Waals surface area contributed by atoms with Gasteiger partial charge in [0, 0.05) is 22.4 Å². The first-order valence-electron chi connectivity index (χ1n) is 8.52. The minimum Gasteiger partial charge on any atom is -0.374 e. The molecular weight excluding hydrogens is 278 g/mol. The van der Waals surface area contributed by atoms with E-state index in [2.05, 4.69) is 45.3 Å². The molecule has 0 radical (unpaired) electrons. The SMILES string of the molecule is CCOC1(C(Cc2ccc(CC)s2)NC)CCC(C)CC1. The summed E-state index contributed by atoms with van der Waals surface area (Å²) in [6, 6.07) is 5.01. The first-order valence-corrected chi connectivity index (χ1v) is 9.34. The number of ether oxygens (including phenoxy) is 1. The highest BCUT2D eigenvalue weighted by molar-refractivity contribution is 7.11. The molecule has 120 valence electrons. The van der Waals surface area contributed by atoms with E-state index in [-0.39, 0.29) is 5.60 Å². The van der Waals surface area contributed by atoms with Gasteiger partial charge in [0.25, 0.3) is 0 Å². The molecule has 1 N–H and O–H groups in total. The quantitative estimate of drug-likeness (QED) is 0.804. The molecule has 0 saturated heterocycles. The number of aryl methyl sites for hydroxylation is 1. The minimum atomic E-state index is 0.0341. The monoisotopic (exact) mass is 309 g/mol. The lowest BCUT2D eigenvalue weighted by atomic mass is 9.74. The van der Waals surface area contributed by atoms with Crippen LogP contribution in [0.1, 0.15) is 56.2 Å². The molecule has 1 fully saturated rings. The zero-order valence-corrected chi connectivity index (χ0v) is 14.9. The van der Waals surface area contributed by atoms with Gasteiger partial charge in [-0.25, -0.2) is 0 Å². The normalized spacial score (nSPS) is 27.7. The van der Waals surface area contributed by atoms with Crippen molar-refractivity contribution in [2.45, 2.75) is 70.9 Å². The molecule has 0 aliphatic heterocycles. The van der Waals surface area contributed by atoms with E-state index in [0.29, 0.717) is 6.04 Å². The summed E-state index contributed by atoms with van der Waals surface area (Å²) in [6.45, 7) is 7.55. The molecular formula is C18H31NOS. The fourth-order valence-corrected chi connectivity index (χ4v) is 4.61. The Kier molecular flexibility index (Phi) is 6.27. The highest BCUT2D eigenvalue weighted by Gasteiger charge is 2.41. The van der Waals surface area contributed by atoms with E-state index in [4.69, 9.17) is 4.74 Å². The Hall–Kier alpha value is -0.380. The van der Waals surface area contributed by atoms with Gasteiger partial charge in [0.15, 0.2) is 0 Å². The van der Waals surface area contributed by atoms with Gasteiger partial charge in [0.05, 0.1) is 5.60 Å². The number of thiophene rings is 1. The van der Waals surface area contributed by atoms with Crippen LogP contribution in [-0.4, -0.2) is 25.3 Å². The zero-order chi connectivity index (χ0) is 15.3. The van der Waals surface area contributed by atoms with E-state index in [1.165, 1.54) is 35.4 Å². The Labute approximate surface area is 134 Å². The molecule has 1 atom stereocenters. The summed E-state index contributed by atoms with van der Waals surface area (Å²) in [6.07, 6.45) is 7.21. The molecule has 0 spiro atoms. The van der Waals surface area contributed by atoms with Crippen LogP contribution in [0.3, 0.4) is 0 Å². The van der Waals surface area contributed by atoms with Gasteiger partial charge in [0.2, 0.25) is 0 Å². The van der Waals surface area contributed by atoms with Crippen molar-refractivity contribution in [3.05, 3.63) is 21.9 Å². The molecule has 2 nitrogen and oxygen atoms in total. The first kappa shape index (κ1) is 17.0. The Morgan fingerprint density at radius 3 is 2.48 bits per heavy atom. The average molecular weight is 310 g/mol. The number of hydrogen-bond acceptors (Lipinski definition) is 3. The van der Waals surface area contributed by atoms with Gasteiger partial charge in [-0.2, -0.15) is 0 Å². The molecule has 21 heavy (non-hydrogen) atoms. The van der Waals surface area contributed by atoms with Crippen LogP contribution in [0.2, 0.25) is 0 Å². The van der Waals surface area contributed by atoms with Crippen molar-refractivity contribution in [2.75, 3.05) is 13.7 Å². The Balaban J connectivity index is 2.11. The summed E-state index contributed by atoms with van der Waals surface area (Å²) >= 11 is 1.96. The molecule has 0 bridgehead atoms. The lowest BCUT2D eigenvalue weighted by Crippen LogP contribution is -2.54. The zero-order valence-electron chi connectivity index (χ0n) is 14.1. The maximum atomic E-state index is 6.32. The van der Waals surface area contributed by atoms with Crippen LogP contribution >= 0.6 is 11.3 Å². The van der Waals surface area contributed by atoms with Crippen molar-refractivity contribution in [3.8, 4) is 0 Å². The third-order valence-corrected chi connectivity index (χ3v) is 6.26. The Morgan fingerprint density at radius 2 is 1.95 bits per heavy atom. The standard InChI is InChI=1S/C18H31NOS/c1-5-15-7-8-16(21-15)13-17(19-4)18(20-6-2)11-9-14(3)10-12-18/h7-8,14,17,19H,5-6,9-13H2,1-4H3. The van der Waals surface area contributed by atoms with Gasteiger partial charge in [-0.05, 0) is 70.5 Å². The third kappa shape index (κ3) is 4.08. The molecule has 0 amide bonds. The molecule has 1 saturated carbocycles. The number of likely N-dealkylation sites (N-methyl/N-ethyl adjacent to an activating group) is 1. The van der Waals surface area contributed by atoms with Crippen LogP contribution in [-0.2, 0) is 17.6 Å². The van der Waals surface area contributed by atoms with E-state index in [1.54, 1.807) is 0 Å². The van der Waals surface area contributed by atoms with Crippen LogP contribution in [0.25, 0.3) is 0 Å². The second kappa shape index (κ2) is 7.75. The third-order valence-electron chi connectivity index (χ3n) is 5.01. The van der Waals surface area contributed by atoms with Crippen molar-refractivity contribution < 1.29 is 4.74 Å². The lowest BCUT2D eigenvalue weighted by Gasteiger charge is -2.44. The van der Waals surface area contributed by atoms with Crippen LogP contribution < -0.4 is 5.32 Å². The molecule has 1 aromatic heterocycles. The molecule has 1 aliphatic carbocycles. The van der Waals surface area contributed by atoms with Crippen LogP contribution in [0.15, 0.2) is 12.1 Å². The van der Waals surface area contributed by atoms with Gasteiger partial charge in [-0.15, -0.1) is 11.3 Å². The van der Waals surface area contributed by atoms with Crippen LogP contribution in [0, 0.1) is 5.92 Å². The highest BCUT2D eigenvalue weighted by atomic mass is 32.1. The smallest absolute Gasteiger partial charge is 0.0838 e. The van der Waals surface area contributed by atoms with Gasteiger partial charge in [-0.3, -0.25) is 0 Å². The second-order valence-corrected chi connectivity index (χ2v) is 7.70. The fourth-order valence-electron chi connectivity index (χ4n) is 3.61. The number of rotatable bonds is 7. The highest BCUT2D eigenvalue weighted by Crippen LogP contribution is 2.38. The maximum absolute atomic E-state index is 6.32. The lowest BCUT2D eigenvalue weighted by molar-refractivity contribution is -0.0946. The van der Waals surface area contributed by atoms with Crippen LogP contribution in [0.4, 0.5) is 0 Å². The van der Waals surface area contributed by atoms with Crippen molar-refractivity contribution in [1.82, 2.24) is 5.32 Å². The molecule has 2 rings (SSSR count). The van der Waals surface area contributed by atoms with Gasteiger partial charge < -0.3 is 10.1 Å². The van der Waals surface area contributed by atoms with Gasteiger partial charge >= 0.3 is 0 Å². The molecule has 3 heteroatoms. The molecule has 1 aliphatic rings. The summed E-state index contributed by atoms with van der Waals surface area (Å²) in [5, 5.41) is 3.57. The molecule has 1 unspecified atom stereocenters. The number of nitrogens with one attached hydrogen (secondary N) is 1. The maximum Gasteiger partial charge on any atom is 0.0838 e. The summed E-state index contributed by atoms with van der Waals surface area (Å²) < 4.78 is 6.32. The van der Waals surface area contributed by atoms with E-state index < -0.39 is 0 Å². The van der Waals surface area contributed by atoms with E-state index in [9.17, 15) is 0 Å². The predicted molar refractivity (Wildman–Crippen MR) is 92.2 cm³/mol. The summed E-state index contributed by atoms with van der Waals surface area (Å²) in [7, 11) is 2.10. The predicted octanol–water partition coefficient (Wildman–Crippen LogP) is 4.43. The summed E-state index contributed by atoms with van der Waals surface area (Å²) in [4.78, 5) is 2.98. The van der Waals surface area contributed by atoms with Crippen LogP contribution in [0.5, 0.6) is 0 Å². The van der Waals surface area contributed by atoms with Gasteiger partial charge in [0.1, 0.15) is 0 Å².